The van der Waals surface area contributed by atoms with E-state index >= 15 is 0 Å². The third kappa shape index (κ3) is 2.24. The van der Waals surface area contributed by atoms with E-state index in [1.54, 1.807) is 49.3 Å². The van der Waals surface area contributed by atoms with Crippen LogP contribution >= 0.6 is 68.0 Å². The third-order valence-electron chi connectivity index (χ3n) is 6.04. The number of rotatable bonds is 2. The van der Waals surface area contributed by atoms with Gasteiger partial charge in [-0.1, -0.05) is 39.3 Å². The maximum atomic E-state index is 2.54. The Labute approximate surface area is 200 Å². The molecule has 7 rings (SSSR count). The van der Waals surface area contributed by atoms with E-state index in [1.165, 1.54) is 18.8 Å². The smallest absolute Gasteiger partial charge is 0.0913 e. The molecule has 0 N–H and O–H groups in total. The summed E-state index contributed by atoms with van der Waals surface area (Å²) in [6.45, 7) is 15.3. The fraction of sp³-hybridized carbons (Fsp3) is 0.273. The molecule has 0 fully saturated rings. The van der Waals surface area contributed by atoms with Gasteiger partial charge in [0.05, 0.1) is 32.2 Å². The minimum Gasteiger partial charge on any atom is -0.133 e. The Balaban J connectivity index is 1.97. The molecule has 7 aromatic rings. The highest BCUT2D eigenvalue weighted by molar-refractivity contribution is 7.53. The molecule has 8 heteroatoms. The molecule has 0 amide bonds. The van der Waals surface area contributed by atoms with Crippen molar-refractivity contribution in [3.8, 4) is 0 Å². The van der Waals surface area contributed by atoms with E-state index in [1.807, 2.05) is 22.7 Å². The lowest BCUT2D eigenvalue weighted by Crippen LogP contribution is -2.38. The van der Waals surface area contributed by atoms with Crippen LogP contribution in [-0.4, -0.2) is 16.1 Å². The Bertz CT molecular complexity index is 1630. The third-order valence-corrected chi connectivity index (χ3v) is 20.3. The second-order valence-corrected chi connectivity index (χ2v) is 27.9. The summed E-state index contributed by atoms with van der Waals surface area (Å²) in [5.41, 5.74) is 0. The van der Waals surface area contributed by atoms with Crippen molar-refractivity contribution in [3.63, 3.8) is 0 Å². The van der Waals surface area contributed by atoms with Gasteiger partial charge >= 0.3 is 0 Å². The summed E-state index contributed by atoms with van der Waals surface area (Å²) in [6, 6.07) is 0. The molecule has 0 unspecified atom stereocenters. The minimum absolute atomic E-state index is 1.48. The Hall–Kier alpha value is -0.326. The Morgan fingerprint density at radius 2 is 0.867 bits per heavy atom. The highest BCUT2D eigenvalue weighted by Crippen LogP contribution is 2.54. The van der Waals surface area contributed by atoms with Crippen molar-refractivity contribution in [3.05, 3.63) is 10.8 Å². The lowest BCUT2D eigenvalue weighted by molar-refractivity contribution is 1.80. The molecule has 0 atom stereocenters. The van der Waals surface area contributed by atoms with Crippen molar-refractivity contribution in [1.29, 1.82) is 0 Å². The summed E-state index contributed by atoms with van der Waals surface area (Å²) >= 11 is 12.3. The zero-order valence-corrected chi connectivity index (χ0v) is 24.5. The fourth-order valence-corrected chi connectivity index (χ4v) is 17.9. The quantitative estimate of drug-likeness (QED) is 0.194. The first-order chi connectivity index (χ1) is 14.1. The molecule has 0 saturated carbocycles. The Kier molecular flexibility index (Phi) is 3.69. The van der Waals surface area contributed by atoms with Crippen LogP contribution in [0.2, 0.25) is 39.3 Å². The van der Waals surface area contributed by atoms with E-state index in [0.717, 1.165) is 0 Å². The van der Waals surface area contributed by atoms with E-state index in [9.17, 15) is 0 Å². The van der Waals surface area contributed by atoms with Crippen molar-refractivity contribution in [2.75, 3.05) is 0 Å². The van der Waals surface area contributed by atoms with Gasteiger partial charge in [0, 0.05) is 53.8 Å². The van der Waals surface area contributed by atoms with E-state index in [2.05, 4.69) is 95.4 Å². The van der Waals surface area contributed by atoms with Crippen molar-refractivity contribution in [2.24, 2.45) is 0 Å². The van der Waals surface area contributed by atoms with Crippen molar-refractivity contribution in [2.45, 2.75) is 39.3 Å². The maximum Gasteiger partial charge on any atom is 0.0913 e. The predicted molar refractivity (Wildman–Crippen MR) is 156 cm³/mol. The molecule has 6 aromatic heterocycles. The van der Waals surface area contributed by atoms with Gasteiger partial charge in [0.2, 0.25) is 0 Å². The van der Waals surface area contributed by atoms with E-state index in [4.69, 9.17) is 0 Å². The molecule has 0 radical (unpaired) electrons. The molecular formula is C22H20S6Si2. The summed E-state index contributed by atoms with van der Waals surface area (Å²) in [7, 11) is -2.95. The predicted octanol–water partition coefficient (Wildman–Crippen LogP) is 9.50. The van der Waals surface area contributed by atoms with Crippen molar-refractivity contribution >= 4 is 152 Å². The van der Waals surface area contributed by atoms with Gasteiger partial charge in [-0.3, -0.25) is 0 Å². The molecule has 1 aromatic carbocycles. The molecule has 0 saturated heterocycles. The number of hydrogen-bond acceptors (Lipinski definition) is 6. The van der Waals surface area contributed by atoms with Gasteiger partial charge in [-0.2, -0.15) is 0 Å². The molecule has 0 aliphatic carbocycles. The lowest BCUT2D eigenvalue weighted by Gasteiger charge is -2.18. The summed E-state index contributed by atoms with van der Waals surface area (Å²) in [5.74, 6) is 0. The van der Waals surface area contributed by atoms with Crippen LogP contribution in [0.1, 0.15) is 0 Å². The standard InChI is InChI=1S/C22H20S6Si2/c1-29(2,3)21-15-13-11-9(7-23-17(11)25-19(13)27-21)10-8-24-18-12(10)14-16(15)22(30(4,5)6)28-20(14)26-18/h7-8H,1-6H3. The minimum atomic E-state index is -1.48. The van der Waals surface area contributed by atoms with Gasteiger partial charge in [-0.25, -0.2) is 0 Å². The molecular weight excluding hydrogens is 513 g/mol. The summed E-state index contributed by atoms with van der Waals surface area (Å²) in [4.78, 5) is 0. The van der Waals surface area contributed by atoms with Crippen LogP contribution in [0.4, 0.5) is 0 Å². The van der Waals surface area contributed by atoms with E-state index in [-0.39, 0.29) is 0 Å². The van der Waals surface area contributed by atoms with Gasteiger partial charge in [0.15, 0.2) is 0 Å². The average molecular weight is 533 g/mol. The molecule has 0 aliphatic rings. The molecule has 0 bridgehead atoms. The number of hydrogen-bond donors (Lipinski definition) is 0. The average Bonchev–Trinajstić information content (AvgIpc) is 3.36. The second-order valence-electron chi connectivity index (χ2n) is 10.3. The molecule has 0 aliphatic heterocycles. The van der Waals surface area contributed by atoms with Crippen molar-refractivity contribution in [1.82, 2.24) is 0 Å². The Morgan fingerprint density at radius 1 is 0.467 bits per heavy atom. The first-order valence-corrected chi connectivity index (χ1v) is 22.1. The number of thiophene rings is 6. The highest BCUT2D eigenvalue weighted by atomic mass is 32.2. The monoisotopic (exact) mass is 532 g/mol. The summed E-state index contributed by atoms with van der Waals surface area (Å²) in [6.07, 6.45) is 0. The number of fused-ring (bicyclic) bond motifs is 2. The zero-order chi connectivity index (χ0) is 20.7. The second kappa shape index (κ2) is 5.77. The fourth-order valence-electron chi connectivity index (χ4n) is 4.82. The van der Waals surface area contributed by atoms with Crippen LogP contribution in [0.25, 0.3) is 59.1 Å². The SMILES string of the molecule is C[Si](C)(C)c1sc2sc3scc4c5csc6sc7sc([Si](C)(C)C)c(c1c2c34)c7c65. The van der Waals surface area contributed by atoms with Crippen LogP contribution in [0.5, 0.6) is 0 Å². The molecule has 152 valence electrons. The molecule has 6 heterocycles. The van der Waals surface area contributed by atoms with Gasteiger partial charge in [0.25, 0.3) is 0 Å². The van der Waals surface area contributed by atoms with Crippen LogP contribution in [0.15, 0.2) is 10.8 Å². The van der Waals surface area contributed by atoms with Gasteiger partial charge in [0.1, 0.15) is 0 Å². The zero-order valence-electron chi connectivity index (χ0n) is 17.6. The summed E-state index contributed by atoms with van der Waals surface area (Å²) < 4.78 is 9.62. The largest absolute Gasteiger partial charge is 0.133 e. The van der Waals surface area contributed by atoms with Crippen LogP contribution in [0, 0.1) is 0 Å². The maximum absolute atomic E-state index is 2.54. The van der Waals surface area contributed by atoms with Crippen LogP contribution < -0.4 is 9.00 Å². The molecule has 30 heavy (non-hydrogen) atoms. The van der Waals surface area contributed by atoms with E-state index < -0.39 is 16.1 Å². The van der Waals surface area contributed by atoms with Crippen LogP contribution in [-0.2, 0) is 0 Å². The van der Waals surface area contributed by atoms with Crippen molar-refractivity contribution < 1.29 is 0 Å². The van der Waals surface area contributed by atoms with E-state index in [0.29, 0.717) is 0 Å². The van der Waals surface area contributed by atoms with Gasteiger partial charge in [-0.05, 0) is 9.00 Å². The first kappa shape index (κ1) is 19.2. The van der Waals surface area contributed by atoms with Gasteiger partial charge < -0.3 is 0 Å². The lowest BCUT2D eigenvalue weighted by atomic mass is 10.0. The highest BCUT2D eigenvalue weighted by Gasteiger charge is 2.33. The first-order valence-electron chi connectivity index (χ1n) is 10.1. The van der Waals surface area contributed by atoms with Gasteiger partial charge in [-0.15, -0.1) is 68.0 Å². The van der Waals surface area contributed by atoms with Crippen LogP contribution in [0.3, 0.4) is 0 Å². The topological polar surface area (TPSA) is 0 Å². The normalized spacial score (nSPS) is 14.3. The summed E-state index contributed by atoms with van der Waals surface area (Å²) in [5, 5.41) is 17.5. The molecule has 0 nitrogen and oxygen atoms in total. The molecule has 0 spiro atoms. The Morgan fingerprint density at radius 3 is 1.23 bits per heavy atom.